The smallest absolute Gasteiger partial charge is 0.340 e. The average molecular weight is 241 g/mol. The second-order valence-electron chi connectivity index (χ2n) is 2.86. The summed E-state index contributed by atoms with van der Waals surface area (Å²) in [5.74, 6) is 0. The molecule has 1 aromatic rings. The van der Waals surface area contributed by atoms with Crippen LogP contribution in [0.15, 0.2) is 23.4 Å². The van der Waals surface area contributed by atoms with Gasteiger partial charge in [0.25, 0.3) is 9.84 Å². The van der Waals surface area contributed by atoms with Crippen LogP contribution in [0.25, 0.3) is 0 Å². The molecule has 1 rings (SSSR count). The fourth-order valence-corrected chi connectivity index (χ4v) is 1.68. The van der Waals surface area contributed by atoms with E-state index < -0.39 is 20.1 Å². The van der Waals surface area contributed by atoms with Gasteiger partial charge < -0.3 is 10.5 Å². The molecule has 0 saturated carbocycles. The minimum Gasteiger partial charge on any atom is -0.356 e. The van der Waals surface area contributed by atoms with Crippen LogP contribution in [0.2, 0.25) is 0 Å². The molecule has 0 aliphatic heterocycles. The minimum absolute atomic E-state index is 0.153. The SMILES string of the molecule is NC(=O)S(=O)(=O)c1cc([CH]CC=O)ccn1. The first-order valence-corrected chi connectivity index (χ1v) is 5.74. The summed E-state index contributed by atoms with van der Waals surface area (Å²) in [5, 5.41) is -1.87. The van der Waals surface area contributed by atoms with Crippen molar-refractivity contribution in [1.82, 2.24) is 4.98 Å². The molecule has 16 heavy (non-hydrogen) atoms. The van der Waals surface area contributed by atoms with Crippen LogP contribution in [0.4, 0.5) is 4.79 Å². The number of aldehydes is 1. The van der Waals surface area contributed by atoms with E-state index in [2.05, 4.69) is 4.98 Å². The Bertz CT molecular complexity index is 510. The first-order chi connectivity index (χ1) is 7.48. The molecule has 0 unspecified atom stereocenters. The van der Waals surface area contributed by atoms with E-state index >= 15 is 0 Å². The second-order valence-corrected chi connectivity index (χ2v) is 4.68. The maximum atomic E-state index is 11.3. The van der Waals surface area contributed by atoms with Gasteiger partial charge in [0.1, 0.15) is 6.29 Å². The van der Waals surface area contributed by atoms with E-state index in [1.165, 1.54) is 24.8 Å². The fraction of sp³-hybridized carbons (Fsp3) is 0.111. The van der Waals surface area contributed by atoms with Gasteiger partial charge in [0.15, 0.2) is 5.03 Å². The molecule has 1 amide bonds. The Labute approximate surface area is 92.4 Å². The molecule has 2 N–H and O–H groups in total. The van der Waals surface area contributed by atoms with Crippen molar-refractivity contribution in [2.45, 2.75) is 11.4 Å². The number of aromatic nitrogens is 1. The molecule has 0 aromatic carbocycles. The highest BCUT2D eigenvalue weighted by Crippen LogP contribution is 2.12. The summed E-state index contributed by atoms with van der Waals surface area (Å²) in [6, 6.07) is 2.70. The minimum atomic E-state index is -4.20. The molecule has 1 radical (unpaired) electrons. The zero-order valence-electron chi connectivity index (χ0n) is 8.16. The summed E-state index contributed by atoms with van der Waals surface area (Å²) in [7, 11) is -4.20. The lowest BCUT2D eigenvalue weighted by atomic mass is 10.2. The van der Waals surface area contributed by atoms with Crippen molar-refractivity contribution in [3.63, 3.8) is 0 Å². The molecule has 0 aliphatic carbocycles. The molecular weight excluding hydrogens is 232 g/mol. The number of hydrogen-bond acceptors (Lipinski definition) is 5. The zero-order valence-corrected chi connectivity index (χ0v) is 8.98. The topological polar surface area (TPSA) is 107 Å². The van der Waals surface area contributed by atoms with Crippen LogP contribution in [-0.2, 0) is 14.6 Å². The van der Waals surface area contributed by atoms with Crippen molar-refractivity contribution in [3.05, 3.63) is 30.3 Å². The summed E-state index contributed by atoms with van der Waals surface area (Å²) in [6.07, 6.45) is 3.56. The molecule has 0 atom stereocenters. The van der Waals surface area contributed by atoms with Crippen LogP contribution >= 0.6 is 0 Å². The maximum absolute atomic E-state index is 11.3. The molecule has 6 nitrogen and oxygen atoms in total. The van der Waals surface area contributed by atoms with E-state index in [-0.39, 0.29) is 6.42 Å². The molecule has 7 heteroatoms. The number of nitrogens with zero attached hydrogens (tertiary/aromatic N) is 1. The number of rotatable bonds is 4. The van der Waals surface area contributed by atoms with Crippen LogP contribution in [0.5, 0.6) is 0 Å². The van der Waals surface area contributed by atoms with Crippen LogP contribution in [0.3, 0.4) is 0 Å². The van der Waals surface area contributed by atoms with Crippen molar-refractivity contribution in [3.8, 4) is 0 Å². The van der Waals surface area contributed by atoms with Gasteiger partial charge in [-0.1, -0.05) is 0 Å². The zero-order chi connectivity index (χ0) is 12.2. The van der Waals surface area contributed by atoms with Crippen molar-refractivity contribution >= 4 is 21.4 Å². The monoisotopic (exact) mass is 241 g/mol. The Hall–Kier alpha value is -1.76. The first kappa shape index (κ1) is 12.3. The highest BCUT2D eigenvalue weighted by atomic mass is 32.2. The van der Waals surface area contributed by atoms with E-state index in [1.54, 1.807) is 0 Å². The summed E-state index contributed by atoms with van der Waals surface area (Å²) < 4.78 is 22.7. The average Bonchev–Trinajstić information content (AvgIpc) is 2.26. The van der Waals surface area contributed by atoms with E-state index in [9.17, 15) is 18.0 Å². The van der Waals surface area contributed by atoms with E-state index in [0.29, 0.717) is 11.8 Å². The van der Waals surface area contributed by atoms with E-state index in [1.807, 2.05) is 0 Å². The second kappa shape index (κ2) is 4.84. The molecule has 0 spiro atoms. The number of amides is 1. The molecule has 0 fully saturated rings. The Balaban J connectivity index is 3.08. The fourth-order valence-electron chi connectivity index (χ4n) is 0.986. The van der Waals surface area contributed by atoms with Crippen molar-refractivity contribution in [2.75, 3.05) is 0 Å². The van der Waals surface area contributed by atoms with Crippen molar-refractivity contribution in [2.24, 2.45) is 5.73 Å². The summed E-state index contributed by atoms with van der Waals surface area (Å²) >= 11 is 0. The Morgan fingerprint density at radius 2 is 2.19 bits per heavy atom. The van der Waals surface area contributed by atoms with Crippen molar-refractivity contribution < 1.29 is 18.0 Å². The predicted octanol–water partition coefficient (Wildman–Crippen LogP) is 0.0754. The number of pyridine rings is 1. The number of sulfone groups is 1. The number of nitrogens with two attached hydrogens (primary N) is 1. The standard InChI is InChI=1S/C9H9N2O4S/c10-9(13)16(14,15)8-6-7(2-1-5-12)3-4-11-8/h2-6H,1H2,(H2,10,13). The van der Waals surface area contributed by atoms with Crippen LogP contribution in [-0.4, -0.2) is 24.9 Å². The van der Waals surface area contributed by atoms with Gasteiger partial charge >= 0.3 is 5.24 Å². The number of primary amides is 1. The Morgan fingerprint density at radius 1 is 1.50 bits per heavy atom. The van der Waals surface area contributed by atoms with Gasteiger partial charge in [0.05, 0.1) is 0 Å². The van der Waals surface area contributed by atoms with Crippen LogP contribution in [0, 0.1) is 6.42 Å². The maximum Gasteiger partial charge on any atom is 0.340 e. The molecular formula is C9H9N2O4S. The summed E-state index contributed by atoms with van der Waals surface area (Å²) in [4.78, 5) is 24.3. The van der Waals surface area contributed by atoms with E-state index in [4.69, 9.17) is 5.73 Å². The largest absolute Gasteiger partial charge is 0.356 e. The van der Waals surface area contributed by atoms with Gasteiger partial charge in [-0.05, 0) is 24.1 Å². The number of hydrogen-bond donors (Lipinski definition) is 1. The summed E-state index contributed by atoms with van der Waals surface area (Å²) in [5.41, 5.74) is 5.21. The third-order valence-electron chi connectivity index (χ3n) is 1.75. The first-order valence-electron chi connectivity index (χ1n) is 4.26. The lowest BCUT2D eigenvalue weighted by molar-refractivity contribution is -0.107. The van der Waals surface area contributed by atoms with Gasteiger partial charge in [0.2, 0.25) is 0 Å². The van der Waals surface area contributed by atoms with Gasteiger partial charge in [-0.2, -0.15) is 0 Å². The summed E-state index contributed by atoms with van der Waals surface area (Å²) in [6.45, 7) is 0. The highest BCUT2D eigenvalue weighted by molar-refractivity contribution is 8.05. The Kier molecular flexibility index (Phi) is 3.73. The third kappa shape index (κ3) is 2.63. The third-order valence-corrected chi connectivity index (χ3v) is 3.05. The van der Waals surface area contributed by atoms with Gasteiger partial charge in [-0.15, -0.1) is 0 Å². The lowest BCUT2D eigenvalue weighted by Gasteiger charge is -2.01. The van der Waals surface area contributed by atoms with Gasteiger partial charge in [-0.3, -0.25) is 4.79 Å². The van der Waals surface area contributed by atoms with Crippen LogP contribution in [0.1, 0.15) is 12.0 Å². The molecule has 0 bridgehead atoms. The molecule has 1 heterocycles. The number of carbonyl (C=O) groups is 2. The van der Waals surface area contributed by atoms with Crippen molar-refractivity contribution in [1.29, 1.82) is 0 Å². The van der Waals surface area contributed by atoms with Crippen LogP contribution < -0.4 is 5.73 Å². The molecule has 85 valence electrons. The molecule has 0 aliphatic rings. The van der Waals surface area contributed by atoms with Gasteiger partial charge in [0, 0.05) is 12.6 Å². The lowest BCUT2D eigenvalue weighted by Crippen LogP contribution is -2.22. The van der Waals surface area contributed by atoms with E-state index in [0.717, 1.165) is 0 Å². The quantitative estimate of drug-likeness (QED) is 0.751. The Morgan fingerprint density at radius 3 is 2.75 bits per heavy atom. The number of carbonyl (C=O) groups excluding carboxylic acids is 2. The normalized spacial score (nSPS) is 11.0. The predicted molar refractivity (Wildman–Crippen MR) is 55.1 cm³/mol. The highest BCUT2D eigenvalue weighted by Gasteiger charge is 2.23. The molecule has 1 aromatic heterocycles. The van der Waals surface area contributed by atoms with Gasteiger partial charge in [-0.25, -0.2) is 13.4 Å². The molecule has 0 saturated heterocycles.